The first-order valence-electron chi connectivity index (χ1n) is 4.31. The lowest BCUT2D eigenvalue weighted by Gasteiger charge is -2.41. The Balaban J connectivity index is 0.000000231. The van der Waals surface area contributed by atoms with Gasteiger partial charge in [0, 0.05) is 18.6 Å². The molecule has 1 N–H and O–H groups in total. The van der Waals surface area contributed by atoms with Gasteiger partial charge in [-0.15, -0.1) is 0 Å². The van der Waals surface area contributed by atoms with Crippen molar-refractivity contribution in [3.8, 4) is 0 Å². The molecule has 0 spiro atoms. The van der Waals surface area contributed by atoms with Crippen LogP contribution in [0.15, 0.2) is 0 Å². The van der Waals surface area contributed by atoms with E-state index in [0.717, 1.165) is 12.1 Å². The van der Waals surface area contributed by atoms with Crippen LogP contribution in [0.4, 0.5) is 0 Å². The standard InChI is InChI=1S/C6H12N2.C2H6/c1-8-4-5-6(8)2-3-7-5;1-2/h5-7H,2-4H2,1H3;1-2H3/t5-,6-;/m1./s1. The third-order valence-electron chi connectivity index (χ3n) is 2.36. The minimum atomic E-state index is 0.847. The first-order valence-corrected chi connectivity index (χ1v) is 4.31. The smallest absolute Gasteiger partial charge is 0.0351 e. The van der Waals surface area contributed by atoms with Crippen molar-refractivity contribution < 1.29 is 0 Å². The summed E-state index contributed by atoms with van der Waals surface area (Å²) in [4.78, 5) is 2.42. The van der Waals surface area contributed by atoms with Gasteiger partial charge in [0.15, 0.2) is 0 Å². The van der Waals surface area contributed by atoms with Crippen molar-refractivity contribution in [3.05, 3.63) is 0 Å². The van der Waals surface area contributed by atoms with E-state index < -0.39 is 0 Å². The van der Waals surface area contributed by atoms with Crippen molar-refractivity contribution >= 4 is 0 Å². The number of hydrogen-bond donors (Lipinski definition) is 1. The second-order valence-corrected chi connectivity index (χ2v) is 2.86. The van der Waals surface area contributed by atoms with Gasteiger partial charge in [0.2, 0.25) is 0 Å². The predicted molar refractivity (Wildman–Crippen MR) is 44.2 cm³/mol. The Morgan fingerprint density at radius 1 is 1.40 bits per heavy atom. The molecule has 2 saturated heterocycles. The van der Waals surface area contributed by atoms with Crippen molar-refractivity contribution in [1.82, 2.24) is 10.2 Å². The molecule has 0 aromatic carbocycles. The van der Waals surface area contributed by atoms with E-state index in [0.29, 0.717) is 0 Å². The summed E-state index contributed by atoms with van der Waals surface area (Å²) in [6, 6.07) is 1.73. The minimum Gasteiger partial charge on any atom is -0.311 e. The Bertz CT molecular complexity index is 103. The van der Waals surface area contributed by atoms with E-state index in [1.165, 1.54) is 19.5 Å². The third-order valence-corrected chi connectivity index (χ3v) is 2.36. The summed E-state index contributed by atoms with van der Waals surface area (Å²) in [6.45, 7) is 6.50. The molecular weight excluding hydrogens is 124 g/mol. The van der Waals surface area contributed by atoms with Crippen LogP contribution in [0.5, 0.6) is 0 Å². The molecule has 60 valence electrons. The molecule has 0 radical (unpaired) electrons. The van der Waals surface area contributed by atoms with E-state index in [9.17, 15) is 0 Å². The quantitative estimate of drug-likeness (QED) is 0.535. The van der Waals surface area contributed by atoms with E-state index in [1.54, 1.807) is 0 Å². The fourth-order valence-corrected chi connectivity index (χ4v) is 1.78. The topological polar surface area (TPSA) is 15.3 Å². The molecule has 2 fully saturated rings. The van der Waals surface area contributed by atoms with Crippen LogP contribution in [0.3, 0.4) is 0 Å². The van der Waals surface area contributed by atoms with Crippen LogP contribution >= 0.6 is 0 Å². The monoisotopic (exact) mass is 142 g/mol. The average Bonchev–Trinajstić information content (AvgIpc) is 2.34. The van der Waals surface area contributed by atoms with E-state index in [1.807, 2.05) is 13.8 Å². The highest BCUT2D eigenvalue weighted by molar-refractivity contribution is 4.99. The maximum Gasteiger partial charge on any atom is 0.0351 e. The molecule has 0 aromatic heterocycles. The summed E-state index contributed by atoms with van der Waals surface area (Å²) in [5.74, 6) is 0. The highest BCUT2D eigenvalue weighted by atomic mass is 15.3. The Morgan fingerprint density at radius 2 is 2.10 bits per heavy atom. The third kappa shape index (κ3) is 1.18. The summed E-state index contributed by atoms with van der Waals surface area (Å²) >= 11 is 0. The van der Waals surface area contributed by atoms with Gasteiger partial charge in [-0.1, -0.05) is 13.8 Å². The van der Waals surface area contributed by atoms with Gasteiger partial charge in [0.05, 0.1) is 0 Å². The second-order valence-electron chi connectivity index (χ2n) is 2.86. The number of rotatable bonds is 0. The summed E-state index contributed by atoms with van der Waals surface area (Å²) < 4.78 is 0. The molecular formula is C8H18N2. The molecule has 0 unspecified atom stereocenters. The van der Waals surface area contributed by atoms with Gasteiger partial charge in [-0.3, -0.25) is 0 Å². The van der Waals surface area contributed by atoms with E-state index in [2.05, 4.69) is 17.3 Å². The number of fused-ring (bicyclic) bond motifs is 1. The zero-order valence-electron chi connectivity index (χ0n) is 7.22. The summed E-state index contributed by atoms with van der Waals surface area (Å²) in [5.41, 5.74) is 0. The molecule has 0 aliphatic carbocycles. The molecule has 0 amide bonds. The molecule has 10 heavy (non-hydrogen) atoms. The molecule has 0 aromatic rings. The molecule has 0 bridgehead atoms. The van der Waals surface area contributed by atoms with Gasteiger partial charge in [-0.25, -0.2) is 0 Å². The van der Waals surface area contributed by atoms with Crippen LogP contribution < -0.4 is 5.32 Å². The summed E-state index contributed by atoms with van der Waals surface area (Å²) in [6.07, 6.45) is 1.36. The lowest BCUT2D eigenvalue weighted by atomic mass is 10.00. The number of nitrogens with one attached hydrogen (secondary N) is 1. The fourth-order valence-electron chi connectivity index (χ4n) is 1.78. The molecule has 2 nitrogen and oxygen atoms in total. The van der Waals surface area contributed by atoms with Crippen LogP contribution in [-0.4, -0.2) is 37.1 Å². The number of nitrogens with zero attached hydrogens (tertiary/aromatic N) is 1. The van der Waals surface area contributed by atoms with Crippen LogP contribution in [-0.2, 0) is 0 Å². The molecule has 2 heterocycles. The van der Waals surface area contributed by atoms with Gasteiger partial charge in [-0.2, -0.15) is 0 Å². The molecule has 0 saturated carbocycles. The van der Waals surface area contributed by atoms with Gasteiger partial charge in [0.25, 0.3) is 0 Å². The van der Waals surface area contributed by atoms with E-state index in [-0.39, 0.29) is 0 Å². The summed E-state index contributed by atoms with van der Waals surface area (Å²) in [7, 11) is 2.20. The van der Waals surface area contributed by atoms with Crippen molar-refractivity contribution in [1.29, 1.82) is 0 Å². The Labute approximate surface area is 63.6 Å². The van der Waals surface area contributed by atoms with Crippen molar-refractivity contribution in [2.45, 2.75) is 32.4 Å². The fraction of sp³-hybridized carbons (Fsp3) is 1.00. The molecule has 2 aliphatic rings. The maximum atomic E-state index is 3.44. The molecule has 2 atom stereocenters. The lowest BCUT2D eigenvalue weighted by Crippen LogP contribution is -2.58. The summed E-state index contributed by atoms with van der Waals surface area (Å²) in [5, 5.41) is 3.44. The van der Waals surface area contributed by atoms with Crippen molar-refractivity contribution in [2.24, 2.45) is 0 Å². The highest BCUT2D eigenvalue weighted by Gasteiger charge is 2.38. The average molecular weight is 142 g/mol. The van der Waals surface area contributed by atoms with Crippen LogP contribution in [0, 0.1) is 0 Å². The predicted octanol–water partition coefficient (Wildman–Crippen LogP) is 0.688. The Kier molecular flexibility index (Phi) is 2.69. The first-order chi connectivity index (χ1) is 4.88. The van der Waals surface area contributed by atoms with Crippen LogP contribution in [0.25, 0.3) is 0 Å². The largest absolute Gasteiger partial charge is 0.311 e. The lowest BCUT2D eigenvalue weighted by molar-refractivity contribution is 0.106. The highest BCUT2D eigenvalue weighted by Crippen LogP contribution is 2.22. The van der Waals surface area contributed by atoms with Crippen LogP contribution in [0.2, 0.25) is 0 Å². The van der Waals surface area contributed by atoms with E-state index in [4.69, 9.17) is 0 Å². The van der Waals surface area contributed by atoms with Gasteiger partial charge in [-0.05, 0) is 20.0 Å². The number of likely N-dealkylation sites (N-methyl/N-ethyl adjacent to an activating group) is 1. The zero-order chi connectivity index (χ0) is 7.56. The van der Waals surface area contributed by atoms with Gasteiger partial charge in [0.1, 0.15) is 0 Å². The molecule has 2 heteroatoms. The van der Waals surface area contributed by atoms with Crippen molar-refractivity contribution in [3.63, 3.8) is 0 Å². The number of likely N-dealkylation sites (tertiary alicyclic amines) is 1. The minimum absolute atomic E-state index is 0.847. The number of hydrogen-bond acceptors (Lipinski definition) is 2. The molecule has 2 aliphatic heterocycles. The zero-order valence-corrected chi connectivity index (χ0v) is 7.22. The van der Waals surface area contributed by atoms with E-state index >= 15 is 0 Å². The molecule has 2 rings (SSSR count). The van der Waals surface area contributed by atoms with Crippen molar-refractivity contribution in [2.75, 3.05) is 20.1 Å². The second kappa shape index (κ2) is 3.35. The normalized spacial score (nSPS) is 37.5. The maximum absolute atomic E-state index is 3.44. The van der Waals surface area contributed by atoms with Gasteiger partial charge < -0.3 is 10.2 Å². The Morgan fingerprint density at radius 3 is 2.50 bits per heavy atom. The van der Waals surface area contributed by atoms with Gasteiger partial charge >= 0.3 is 0 Å². The first kappa shape index (κ1) is 8.02. The SMILES string of the molecule is CC.CN1C[C@H]2NCC[C@H]21. The van der Waals surface area contributed by atoms with Crippen LogP contribution in [0.1, 0.15) is 20.3 Å². The Hall–Kier alpha value is -0.0800.